The van der Waals surface area contributed by atoms with Gasteiger partial charge in [-0.3, -0.25) is 4.79 Å². The van der Waals surface area contributed by atoms with Crippen molar-refractivity contribution >= 4 is 23.2 Å². The Kier molecular flexibility index (Phi) is 4.35. The van der Waals surface area contributed by atoms with Crippen LogP contribution < -0.4 is 5.32 Å². The van der Waals surface area contributed by atoms with Crippen LogP contribution in [0.5, 0.6) is 0 Å². The Morgan fingerprint density at radius 3 is 2.45 bits per heavy atom. The van der Waals surface area contributed by atoms with Gasteiger partial charge in [0.2, 0.25) is 0 Å². The van der Waals surface area contributed by atoms with Gasteiger partial charge in [-0.1, -0.05) is 6.07 Å². The van der Waals surface area contributed by atoms with Gasteiger partial charge < -0.3 is 30.5 Å². The molecule has 0 spiro atoms. The van der Waals surface area contributed by atoms with Gasteiger partial charge in [0.1, 0.15) is 18.3 Å². The van der Waals surface area contributed by atoms with Gasteiger partial charge in [-0.25, -0.2) is 4.79 Å². The number of nitrogens with one attached hydrogen (secondary N) is 1. The summed E-state index contributed by atoms with van der Waals surface area (Å²) in [5.74, 6) is -2.07. The molecule has 0 radical (unpaired) electrons. The molecule has 0 aromatic carbocycles. The fourth-order valence-corrected chi connectivity index (χ4v) is 2.44. The number of thiophene rings is 1. The number of carboxylic acid groups (broad SMARTS) is 1. The van der Waals surface area contributed by atoms with Crippen molar-refractivity contribution in [3.05, 3.63) is 22.4 Å². The monoisotopic (exact) mass is 303 g/mol. The van der Waals surface area contributed by atoms with Crippen LogP contribution in [0.2, 0.25) is 0 Å². The summed E-state index contributed by atoms with van der Waals surface area (Å²) in [7, 11) is 0. The first-order valence-corrected chi connectivity index (χ1v) is 6.56. The van der Waals surface area contributed by atoms with Gasteiger partial charge in [0, 0.05) is 0 Å². The number of ether oxygens (including phenoxy) is 1. The fraction of sp³-hybridized carbons (Fsp3) is 0.455. The normalized spacial score (nSPS) is 33.6. The van der Waals surface area contributed by atoms with Crippen LogP contribution in [0.15, 0.2) is 17.5 Å². The maximum absolute atomic E-state index is 11.8. The molecule has 2 rings (SSSR count). The van der Waals surface area contributed by atoms with Crippen molar-refractivity contribution in [3.8, 4) is 0 Å². The second kappa shape index (κ2) is 5.85. The Balaban J connectivity index is 2.10. The molecule has 1 amide bonds. The van der Waals surface area contributed by atoms with Crippen molar-refractivity contribution in [2.75, 3.05) is 0 Å². The average Bonchev–Trinajstić information content (AvgIpc) is 2.93. The quantitative estimate of drug-likeness (QED) is 0.452. The highest BCUT2D eigenvalue weighted by Crippen LogP contribution is 2.21. The Labute approximate surface area is 117 Å². The molecule has 9 heteroatoms. The van der Waals surface area contributed by atoms with E-state index in [1.807, 2.05) is 0 Å². The van der Waals surface area contributed by atoms with E-state index in [1.54, 1.807) is 11.4 Å². The molecule has 0 aliphatic carbocycles. The molecule has 0 saturated carbocycles. The van der Waals surface area contributed by atoms with Crippen molar-refractivity contribution in [2.24, 2.45) is 0 Å². The molecule has 1 saturated heterocycles. The lowest BCUT2D eigenvalue weighted by molar-refractivity contribution is -0.231. The number of carboxylic acids is 1. The second-order valence-corrected chi connectivity index (χ2v) is 5.19. The summed E-state index contributed by atoms with van der Waals surface area (Å²) in [6.45, 7) is 0. The number of hydrogen-bond donors (Lipinski definition) is 5. The molecule has 5 N–H and O–H groups in total. The number of hydrogen-bond acceptors (Lipinski definition) is 7. The minimum absolute atomic E-state index is 0.341. The molecular weight excluding hydrogens is 290 g/mol. The Morgan fingerprint density at radius 2 is 1.90 bits per heavy atom. The molecule has 1 aromatic rings. The number of aliphatic hydroxyl groups excluding tert-OH is 3. The van der Waals surface area contributed by atoms with Gasteiger partial charge in [-0.05, 0) is 11.4 Å². The van der Waals surface area contributed by atoms with Crippen LogP contribution in [0.1, 0.15) is 9.67 Å². The summed E-state index contributed by atoms with van der Waals surface area (Å²) in [5, 5.41) is 41.6. The maximum Gasteiger partial charge on any atom is 0.335 e. The molecule has 0 bridgehead atoms. The van der Waals surface area contributed by atoms with Crippen molar-refractivity contribution in [3.63, 3.8) is 0 Å². The first-order chi connectivity index (χ1) is 9.41. The predicted molar refractivity (Wildman–Crippen MR) is 66.1 cm³/mol. The number of rotatable bonds is 3. The lowest BCUT2D eigenvalue weighted by atomic mass is 9.98. The predicted octanol–water partition coefficient (Wildman–Crippen LogP) is -1.63. The summed E-state index contributed by atoms with van der Waals surface area (Å²) >= 11 is 1.15. The highest BCUT2D eigenvalue weighted by Gasteiger charge is 2.47. The minimum atomic E-state index is -1.78. The topological polar surface area (TPSA) is 136 Å². The van der Waals surface area contributed by atoms with Gasteiger partial charge in [-0.15, -0.1) is 11.3 Å². The van der Waals surface area contributed by atoms with E-state index < -0.39 is 42.5 Å². The van der Waals surface area contributed by atoms with Crippen LogP contribution in [0.3, 0.4) is 0 Å². The van der Waals surface area contributed by atoms with Crippen LogP contribution in [0, 0.1) is 0 Å². The standard InChI is InChI=1S/C11H13NO7S/c13-5-6(14)8(11(17)18)19-10(7(5)15)12-9(16)4-2-1-3-20-4/h1-3,5-8,10,13-15H,(H,12,16)(H,17,18)/t5-,6-,7+,8-,10+/m0/s1. The highest BCUT2D eigenvalue weighted by molar-refractivity contribution is 7.12. The van der Waals surface area contributed by atoms with Crippen molar-refractivity contribution in [1.82, 2.24) is 5.32 Å². The highest BCUT2D eigenvalue weighted by atomic mass is 32.1. The van der Waals surface area contributed by atoms with Crippen LogP contribution >= 0.6 is 11.3 Å². The van der Waals surface area contributed by atoms with Crippen LogP contribution in [-0.4, -0.2) is 62.9 Å². The van der Waals surface area contributed by atoms with Gasteiger partial charge in [0.05, 0.1) is 4.88 Å². The summed E-state index contributed by atoms with van der Waals surface area (Å²) in [5.41, 5.74) is 0. The Hall–Kier alpha value is -1.52. The van der Waals surface area contributed by atoms with E-state index in [0.717, 1.165) is 11.3 Å². The third kappa shape index (κ3) is 2.81. The Morgan fingerprint density at radius 1 is 1.20 bits per heavy atom. The molecule has 1 aliphatic heterocycles. The summed E-state index contributed by atoms with van der Waals surface area (Å²) < 4.78 is 4.92. The molecule has 110 valence electrons. The maximum atomic E-state index is 11.8. The van der Waals surface area contributed by atoms with Crippen molar-refractivity contribution in [1.29, 1.82) is 0 Å². The largest absolute Gasteiger partial charge is 0.479 e. The van der Waals surface area contributed by atoms with E-state index >= 15 is 0 Å². The molecule has 1 aliphatic rings. The van der Waals surface area contributed by atoms with Gasteiger partial charge in [0.15, 0.2) is 12.3 Å². The van der Waals surface area contributed by atoms with Gasteiger partial charge in [-0.2, -0.15) is 0 Å². The fourth-order valence-electron chi connectivity index (χ4n) is 1.81. The lowest BCUT2D eigenvalue weighted by Gasteiger charge is -2.38. The zero-order chi connectivity index (χ0) is 14.9. The zero-order valence-corrected chi connectivity index (χ0v) is 10.9. The van der Waals surface area contributed by atoms with Crippen molar-refractivity contribution in [2.45, 2.75) is 30.6 Å². The first-order valence-electron chi connectivity index (χ1n) is 5.68. The van der Waals surface area contributed by atoms with E-state index in [2.05, 4.69) is 5.32 Å². The molecule has 0 unspecified atom stereocenters. The summed E-state index contributed by atoms with van der Waals surface area (Å²) in [6.07, 6.45) is -8.31. The zero-order valence-electron chi connectivity index (χ0n) is 10.0. The van der Waals surface area contributed by atoms with Gasteiger partial charge >= 0.3 is 5.97 Å². The number of carbonyl (C=O) groups excluding carboxylic acids is 1. The number of carbonyl (C=O) groups is 2. The van der Waals surface area contributed by atoms with E-state index in [9.17, 15) is 24.9 Å². The van der Waals surface area contributed by atoms with E-state index in [4.69, 9.17) is 9.84 Å². The molecule has 1 fully saturated rings. The van der Waals surface area contributed by atoms with Crippen LogP contribution in [-0.2, 0) is 9.53 Å². The minimum Gasteiger partial charge on any atom is -0.479 e. The van der Waals surface area contributed by atoms with Crippen molar-refractivity contribution < 1.29 is 34.8 Å². The molecule has 20 heavy (non-hydrogen) atoms. The summed E-state index contributed by atoms with van der Waals surface area (Å²) in [4.78, 5) is 23.0. The Bertz CT molecular complexity index is 491. The van der Waals surface area contributed by atoms with Crippen LogP contribution in [0.25, 0.3) is 0 Å². The smallest absolute Gasteiger partial charge is 0.335 e. The summed E-state index contributed by atoms with van der Waals surface area (Å²) in [6, 6.07) is 3.19. The second-order valence-electron chi connectivity index (χ2n) is 4.24. The van der Waals surface area contributed by atoms with Crippen LogP contribution in [0.4, 0.5) is 0 Å². The van der Waals surface area contributed by atoms with E-state index in [-0.39, 0.29) is 0 Å². The van der Waals surface area contributed by atoms with Gasteiger partial charge in [0.25, 0.3) is 5.91 Å². The molecule has 8 nitrogen and oxygen atoms in total. The molecule has 2 heterocycles. The SMILES string of the molecule is O=C(N[C@@H]1O[C@H](C(=O)O)[C@@H](O)[C@H](O)[C@H]1O)c1cccs1. The molecular formula is C11H13NO7S. The van der Waals surface area contributed by atoms with E-state index in [1.165, 1.54) is 6.07 Å². The molecule has 1 aromatic heterocycles. The average molecular weight is 303 g/mol. The lowest BCUT2D eigenvalue weighted by Crippen LogP contribution is -2.64. The first kappa shape index (κ1) is 14.9. The number of amides is 1. The van der Waals surface area contributed by atoms with E-state index in [0.29, 0.717) is 4.88 Å². The number of aliphatic carboxylic acids is 1. The third-order valence-electron chi connectivity index (χ3n) is 2.88. The third-order valence-corrected chi connectivity index (χ3v) is 3.74. The molecule has 5 atom stereocenters. The number of aliphatic hydroxyl groups is 3.